The average Bonchev–Trinajstić information content (AvgIpc) is 3.61. The van der Waals surface area contributed by atoms with Crippen LogP contribution in [0.1, 0.15) is 66.5 Å². The van der Waals surface area contributed by atoms with Gasteiger partial charge in [0.15, 0.2) is 0 Å². The number of fused-ring (bicyclic) bond motifs is 1. The summed E-state index contributed by atoms with van der Waals surface area (Å²) in [7, 11) is 0. The second-order valence-electron chi connectivity index (χ2n) is 16.8. The molecule has 0 bridgehead atoms. The number of hydrogen-bond donors (Lipinski definition) is 1. The van der Waals surface area contributed by atoms with Crippen LogP contribution in [0.4, 0.5) is 0 Å². The van der Waals surface area contributed by atoms with E-state index in [1.165, 1.54) is 16.7 Å². The van der Waals surface area contributed by atoms with Gasteiger partial charge >= 0.3 is 0 Å². The maximum absolute atomic E-state index is 11.7. The van der Waals surface area contributed by atoms with Gasteiger partial charge in [-0.05, 0) is 137 Å². The van der Waals surface area contributed by atoms with Crippen LogP contribution in [0, 0.1) is 26.6 Å². The molecule has 8 rings (SSSR count). The molecule has 4 heteroatoms. The number of aromatic nitrogens is 3. The number of phenolic OH excluding ortho intramolecular Hbond substituents is 1. The number of hydrogen-bond acceptors (Lipinski definition) is 3. The van der Waals surface area contributed by atoms with Gasteiger partial charge in [0.1, 0.15) is 11.6 Å². The molecule has 2 heterocycles. The number of benzene rings is 6. The molecule has 0 spiro atoms. The lowest BCUT2D eigenvalue weighted by molar-refractivity contribution is 0.472. The molecule has 0 aliphatic rings. The topological polar surface area (TPSA) is 50.9 Å². The van der Waals surface area contributed by atoms with Gasteiger partial charge in [-0.3, -0.25) is 9.55 Å². The van der Waals surface area contributed by atoms with Crippen LogP contribution in [0.2, 0.25) is 0 Å². The summed E-state index contributed by atoms with van der Waals surface area (Å²) < 4.78 is 25.6. The number of nitrogens with zero attached hydrogens (tertiary/aromatic N) is 3. The summed E-state index contributed by atoms with van der Waals surface area (Å²) in [5, 5.41) is 11.7. The van der Waals surface area contributed by atoms with Gasteiger partial charge in [0.2, 0.25) is 0 Å². The van der Waals surface area contributed by atoms with E-state index in [9.17, 15) is 5.11 Å². The van der Waals surface area contributed by atoms with Crippen molar-refractivity contribution in [2.45, 2.75) is 67.2 Å². The maximum Gasteiger partial charge on any atom is 0.149 e. The summed E-state index contributed by atoms with van der Waals surface area (Å²) in [4.78, 5) is 10.3. The lowest BCUT2D eigenvalue weighted by Gasteiger charge is -2.22. The Hall–Kier alpha value is -6.26. The number of pyridine rings is 1. The molecule has 0 saturated carbocycles. The Morgan fingerprint density at radius 2 is 1.44 bits per heavy atom. The monoisotopic (exact) mass is 748 g/mol. The fourth-order valence-corrected chi connectivity index (χ4v) is 7.93. The van der Waals surface area contributed by atoms with Crippen LogP contribution < -0.4 is 0 Å². The summed E-state index contributed by atoms with van der Waals surface area (Å²) in [6.45, 7) is 13.0. The fraction of sp³-hybridized carbons (Fsp3) is 0.208. The largest absolute Gasteiger partial charge is 0.507 e. The van der Waals surface area contributed by atoms with E-state index in [1.54, 1.807) is 12.1 Å². The number of aryl methyl sites for hydroxylation is 3. The normalized spacial score (nSPS) is 12.8. The van der Waals surface area contributed by atoms with Crippen molar-refractivity contribution in [3.63, 3.8) is 0 Å². The third-order valence-corrected chi connectivity index (χ3v) is 10.8. The molecule has 4 nitrogen and oxygen atoms in total. The minimum absolute atomic E-state index is 0.176. The standard InChI is InChI=1S/C53H51N3O/c1-33(2)25-40-31-44(21-22-45(40)38-13-10-9-11-14-38)56-49-16-12-15-46(50(49)55-52(56)47-27-35(4)26-36(5)51(47)57)41-28-42(30-43(29-41)53(6,7)8)48-32-39(23-24-54-48)37-19-17-34(3)18-20-37/h9-24,26-33,57H,25H2,1-8H3/i3D3. The predicted octanol–water partition coefficient (Wildman–Crippen LogP) is 13.9. The first-order chi connectivity index (χ1) is 28.5. The van der Waals surface area contributed by atoms with Gasteiger partial charge in [-0.2, -0.15) is 0 Å². The van der Waals surface area contributed by atoms with Gasteiger partial charge in [0, 0.05) is 27.1 Å². The number of phenols is 1. The van der Waals surface area contributed by atoms with Crippen LogP contribution in [-0.2, 0) is 11.8 Å². The van der Waals surface area contributed by atoms with Crippen LogP contribution in [-0.4, -0.2) is 19.6 Å². The van der Waals surface area contributed by atoms with Crippen molar-refractivity contribution in [1.82, 2.24) is 14.5 Å². The van der Waals surface area contributed by atoms with E-state index in [0.29, 0.717) is 22.9 Å². The number of aromatic hydroxyl groups is 1. The van der Waals surface area contributed by atoms with Crippen LogP contribution in [0.3, 0.4) is 0 Å². The van der Waals surface area contributed by atoms with Crippen molar-refractivity contribution in [3.8, 4) is 67.5 Å². The third kappa shape index (κ3) is 7.52. The Kier molecular flexibility index (Phi) is 8.96. The Balaban J connectivity index is 1.34. The van der Waals surface area contributed by atoms with Crippen LogP contribution >= 0.6 is 0 Å². The van der Waals surface area contributed by atoms with Crippen LogP contribution in [0.25, 0.3) is 72.7 Å². The molecular weight excluding hydrogens is 695 g/mol. The molecule has 0 unspecified atom stereocenters. The fourth-order valence-electron chi connectivity index (χ4n) is 7.93. The lowest BCUT2D eigenvalue weighted by Crippen LogP contribution is -2.11. The summed E-state index contributed by atoms with van der Waals surface area (Å²) in [5.74, 6) is 1.34. The molecule has 0 saturated heterocycles. The summed E-state index contributed by atoms with van der Waals surface area (Å²) in [6.07, 6.45) is 2.72. The minimum Gasteiger partial charge on any atom is -0.507 e. The highest BCUT2D eigenvalue weighted by atomic mass is 16.3. The quantitative estimate of drug-likeness (QED) is 0.168. The van der Waals surface area contributed by atoms with Crippen LogP contribution in [0.15, 0.2) is 140 Å². The molecule has 57 heavy (non-hydrogen) atoms. The number of para-hydroxylation sites is 1. The van der Waals surface area contributed by atoms with E-state index in [0.717, 1.165) is 73.3 Å². The average molecular weight is 749 g/mol. The van der Waals surface area contributed by atoms with Gasteiger partial charge in [-0.15, -0.1) is 0 Å². The Morgan fingerprint density at radius 3 is 2.18 bits per heavy atom. The van der Waals surface area contributed by atoms with Crippen LogP contribution in [0.5, 0.6) is 5.75 Å². The van der Waals surface area contributed by atoms with Crippen molar-refractivity contribution in [2.24, 2.45) is 5.92 Å². The molecule has 6 aromatic carbocycles. The lowest BCUT2D eigenvalue weighted by atomic mass is 9.83. The zero-order valence-electron chi connectivity index (χ0n) is 36.9. The predicted molar refractivity (Wildman–Crippen MR) is 239 cm³/mol. The van der Waals surface area contributed by atoms with E-state index in [4.69, 9.17) is 14.1 Å². The minimum atomic E-state index is -2.16. The first kappa shape index (κ1) is 34.0. The second-order valence-corrected chi connectivity index (χ2v) is 16.8. The smallest absolute Gasteiger partial charge is 0.149 e. The first-order valence-corrected chi connectivity index (χ1v) is 19.8. The van der Waals surface area contributed by atoms with E-state index in [-0.39, 0.29) is 11.2 Å². The molecule has 1 N–H and O–H groups in total. The van der Waals surface area contributed by atoms with E-state index in [1.807, 2.05) is 43.5 Å². The summed E-state index contributed by atoms with van der Waals surface area (Å²) >= 11 is 0. The zero-order valence-corrected chi connectivity index (χ0v) is 33.9. The van der Waals surface area contributed by atoms with E-state index in [2.05, 4.69) is 137 Å². The molecular formula is C53H51N3O. The first-order valence-electron chi connectivity index (χ1n) is 21.3. The Bertz CT molecular complexity index is 2860. The highest BCUT2D eigenvalue weighted by molar-refractivity contribution is 5.97. The van der Waals surface area contributed by atoms with Gasteiger partial charge in [0.05, 0.1) is 22.3 Å². The summed E-state index contributed by atoms with van der Waals surface area (Å²) in [5.41, 5.74) is 15.9. The number of imidazole rings is 1. The molecule has 0 amide bonds. The second kappa shape index (κ2) is 15.0. The molecule has 0 atom stereocenters. The Morgan fingerprint density at radius 1 is 0.667 bits per heavy atom. The SMILES string of the molecule is [2H]C([2H])([2H])c1ccc(-c2ccnc(-c3cc(-c4cccc5c4nc(-c4cc(C)cc(C)c4O)n5-c4ccc(-c5ccccc5)c(CC(C)C)c4)cc(C(C)(C)C)c3)c2)cc1. The van der Waals surface area contributed by atoms with E-state index < -0.39 is 6.85 Å². The Labute approximate surface area is 341 Å². The van der Waals surface area contributed by atoms with Crippen molar-refractivity contribution in [1.29, 1.82) is 0 Å². The van der Waals surface area contributed by atoms with Gasteiger partial charge in [0.25, 0.3) is 0 Å². The molecule has 284 valence electrons. The van der Waals surface area contributed by atoms with Crippen molar-refractivity contribution < 1.29 is 9.22 Å². The molecule has 0 aliphatic heterocycles. The highest BCUT2D eigenvalue weighted by Gasteiger charge is 2.24. The van der Waals surface area contributed by atoms with Crippen molar-refractivity contribution in [3.05, 3.63) is 167 Å². The van der Waals surface area contributed by atoms with Crippen molar-refractivity contribution >= 4 is 11.0 Å². The van der Waals surface area contributed by atoms with Gasteiger partial charge < -0.3 is 5.11 Å². The zero-order chi connectivity index (χ0) is 42.5. The maximum atomic E-state index is 11.7. The molecule has 2 aromatic heterocycles. The van der Waals surface area contributed by atoms with Gasteiger partial charge in [-0.25, -0.2) is 4.98 Å². The summed E-state index contributed by atoms with van der Waals surface area (Å²) in [6, 6.07) is 45.4. The molecule has 0 aliphatic carbocycles. The molecule has 0 radical (unpaired) electrons. The number of rotatable bonds is 8. The third-order valence-electron chi connectivity index (χ3n) is 10.8. The molecule has 8 aromatic rings. The highest BCUT2D eigenvalue weighted by Crippen LogP contribution is 2.42. The van der Waals surface area contributed by atoms with Crippen molar-refractivity contribution in [2.75, 3.05) is 0 Å². The van der Waals surface area contributed by atoms with E-state index >= 15 is 0 Å². The van der Waals surface area contributed by atoms with Gasteiger partial charge in [-0.1, -0.05) is 125 Å². The molecule has 0 fully saturated rings.